The highest BCUT2D eigenvalue weighted by Gasteiger charge is 2.30. The summed E-state index contributed by atoms with van der Waals surface area (Å²) in [4.78, 5) is 0. The molecule has 98 valence electrons. The van der Waals surface area contributed by atoms with Gasteiger partial charge in [-0.25, -0.2) is 0 Å². The molecular formula is C15H33N. The molecule has 1 aliphatic rings. The Balaban J connectivity index is 0. The zero-order valence-corrected chi connectivity index (χ0v) is 12.3. The van der Waals surface area contributed by atoms with Crippen LogP contribution in [0.25, 0.3) is 0 Å². The van der Waals surface area contributed by atoms with Crippen LogP contribution in [-0.4, -0.2) is 7.05 Å². The van der Waals surface area contributed by atoms with Crippen molar-refractivity contribution in [3.8, 4) is 0 Å². The standard InChI is InChI=1S/C12H22.C2H6.CH5N/c1-5-6-11-7-10(2)8-12(3,4)9-11;2*1-2/h5,10-11H,1,6-9H2,2-4H3;1-2H3;2H2,1H3. The van der Waals surface area contributed by atoms with Crippen molar-refractivity contribution in [2.45, 2.75) is 60.3 Å². The third kappa shape index (κ3) is 7.92. The predicted molar refractivity (Wildman–Crippen MR) is 76.6 cm³/mol. The summed E-state index contributed by atoms with van der Waals surface area (Å²) in [6, 6.07) is 0. The number of rotatable bonds is 2. The molecule has 1 heteroatoms. The lowest BCUT2D eigenvalue weighted by molar-refractivity contribution is 0.134. The SMILES string of the molecule is C=CCC1CC(C)CC(C)(C)C1.CC.CN. The van der Waals surface area contributed by atoms with Crippen LogP contribution in [0, 0.1) is 17.3 Å². The van der Waals surface area contributed by atoms with E-state index < -0.39 is 0 Å². The summed E-state index contributed by atoms with van der Waals surface area (Å²) >= 11 is 0. The van der Waals surface area contributed by atoms with Crippen molar-refractivity contribution in [3.63, 3.8) is 0 Å². The van der Waals surface area contributed by atoms with Gasteiger partial charge in [-0.2, -0.15) is 0 Å². The van der Waals surface area contributed by atoms with Gasteiger partial charge >= 0.3 is 0 Å². The first kappa shape index (κ1) is 18.1. The Morgan fingerprint density at radius 2 is 1.75 bits per heavy atom. The van der Waals surface area contributed by atoms with E-state index in [-0.39, 0.29) is 0 Å². The molecule has 0 amide bonds. The first-order chi connectivity index (χ1) is 7.53. The van der Waals surface area contributed by atoms with Crippen LogP contribution in [0.5, 0.6) is 0 Å². The smallest absolute Gasteiger partial charge is 0.0195 e. The highest BCUT2D eigenvalue weighted by molar-refractivity contribution is 4.85. The van der Waals surface area contributed by atoms with Gasteiger partial charge < -0.3 is 5.73 Å². The Bertz CT molecular complexity index is 161. The largest absolute Gasteiger partial charge is 0.333 e. The van der Waals surface area contributed by atoms with Crippen LogP contribution in [0.1, 0.15) is 60.3 Å². The molecule has 2 atom stereocenters. The van der Waals surface area contributed by atoms with Crippen molar-refractivity contribution in [3.05, 3.63) is 12.7 Å². The Hall–Kier alpha value is -0.300. The summed E-state index contributed by atoms with van der Waals surface area (Å²) in [6.45, 7) is 15.0. The van der Waals surface area contributed by atoms with Gasteiger partial charge in [0.25, 0.3) is 0 Å². The van der Waals surface area contributed by atoms with Crippen LogP contribution in [-0.2, 0) is 0 Å². The molecular weight excluding hydrogens is 194 g/mol. The van der Waals surface area contributed by atoms with Crippen LogP contribution < -0.4 is 5.73 Å². The van der Waals surface area contributed by atoms with Gasteiger partial charge in [0.1, 0.15) is 0 Å². The molecule has 0 radical (unpaired) electrons. The van der Waals surface area contributed by atoms with Crippen molar-refractivity contribution >= 4 is 0 Å². The van der Waals surface area contributed by atoms with Gasteiger partial charge in [0.2, 0.25) is 0 Å². The minimum absolute atomic E-state index is 0.575. The van der Waals surface area contributed by atoms with Crippen LogP contribution >= 0.6 is 0 Å². The van der Waals surface area contributed by atoms with Crippen LogP contribution in [0.2, 0.25) is 0 Å². The summed E-state index contributed by atoms with van der Waals surface area (Å²) in [5, 5.41) is 0. The lowest BCUT2D eigenvalue weighted by Gasteiger charge is -2.38. The molecule has 1 aliphatic carbocycles. The summed E-state index contributed by atoms with van der Waals surface area (Å²) in [5.74, 6) is 1.82. The second-order valence-corrected chi connectivity index (χ2v) is 5.30. The highest BCUT2D eigenvalue weighted by Crippen LogP contribution is 2.42. The van der Waals surface area contributed by atoms with E-state index >= 15 is 0 Å². The van der Waals surface area contributed by atoms with Gasteiger partial charge in [0.15, 0.2) is 0 Å². The second kappa shape index (κ2) is 9.89. The molecule has 0 bridgehead atoms. The molecule has 1 nitrogen and oxygen atoms in total. The van der Waals surface area contributed by atoms with E-state index in [9.17, 15) is 0 Å². The van der Waals surface area contributed by atoms with Gasteiger partial charge in [-0.15, -0.1) is 6.58 Å². The minimum Gasteiger partial charge on any atom is -0.333 e. The van der Waals surface area contributed by atoms with Gasteiger partial charge in [-0.05, 0) is 50.0 Å². The van der Waals surface area contributed by atoms with Gasteiger partial charge in [0.05, 0.1) is 0 Å². The van der Waals surface area contributed by atoms with Crippen LogP contribution in [0.3, 0.4) is 0 Å². The maximum absolute atomic E-state index is 4.50. The Morgan fingerprint density at radius 3 is 2.12 bits per heavy atom. The normalized spacial score (nSPS) is 26.7. The van der Waals surface area contributed by atoms with Crippen molar-refractivity contribution in [1.82, 2.24) is 0 Å². The molecule has 0 aliphatic heterocycles. The van der Waals surface area contributed by atoms with Crippen molar-refractivity contribution in [2.24, 2.45) is 23.0 Å². The number of allylic oxidation sites excluding steroid dienone is 1. The molecule has 16 heavy (non-hydrogen) atoms. The van der Waals surface area contributed by atoms with E-state index in [0.717, 1.165) is 11.8 Å². The van der Waals surface area contributed by atoms with E-state index in [0.29, 0.717) is 5.41 Å². The van der Waals surface area contributed by atoms with E-state index in [1.54, 1.807) is 0 Å². The topological polar surface area (TPSA) is 26.0 Å². The van der Waals surface area contributed by atoms with E-state index in [1.807, 2.05) is 13.8 Å². The summed E-state index contributed by atoms with van der Waals surface area (Å²) in [5.41, 5.74) is 5.07. The molecule has 2 N–H and O–H groups in total. The van der Waals surface area contributed by atoms with E-state index in [2.05, 4.69) is 39.2 Å². The second-order valence-electron chi connectivity index (χ2n) is 5.30. The fourth-order valence-corrected chi connectivity index (χ4v) is 2.96. The average Bonchev–Trinajstić information content (AvgIpc) is 2.21. The van der Waals surface area contributed by atoms with E-state index in [1.165, 1.54) is 32.7 Å². The number of hydrogen-bond donors (Lipinski definition) is 1. The Morgan fingerprint density at radius 1 is 1.25 bits per heavy atom. The summed E-state index contributed by atoms with van der Waals surface area (Å²) < 4.78 is 0. The molecule has 0 saturated heterocycles. The quantitative estimate of drug-likeness (QED) is 0.684. The minimum atomic E-state index is 0.575. The Labute approximate surface area is 104 Å². The molecule has 2 unspecified atom stereocenters. The number of hydrogen-bond acceptors (Lipinski definition) is 1. The molecule has 0 spiro atoms. The zero-order chi connectivity index (χ0) is 13.2. The fourth-order valence-electron chi connectivity index (χ4n) is 2.96. The van der Waals surface area contributed by atoms with Crippen molar-refractivity contribution < 1.29 is 0 Å². The summed E-state index contributed by atoms with van der Waals surface area (Å²) in [6.07, 6.45) is 7.51. The van der Waals surface area contributed by atoms with Gasteiger partial charge in [-0.3, -0.25) is 0 Å². The molecule has 0 aromatic heterocycles. The third-order valence-electron chi connectivity index (χ3n) is 2.98. The fraction of sp³-hybridized carbons (Fsp3) is 0.867. The first-order valence-electron chi connectivity index (χ1n) is 6.72. The van der Waals surface area contributed by atoms with Crippen molar-refractivity contribution in [1.29, 1.82) is 0 Å². The lowest BCUT2D eigenvalue weighted by Crippen LogP contribution is -2.27. The highest BCUT2D eigenvalue weighted by atomic mass is 14.4. The molecule has 1 saturated carbocycles. The monoisotopic (exact) mass is 227 g/mol. The molecule has 1 fully saturated rings. The van der Waals surface area contributed by atoms with Crippen molar-refractivity contribution in [2.75, 3.05) is 7.05 Å². The maximum atomic E-state index is 4.50. The van der Waals surface area contributed by atoms with E-state index in [4.69, 9.17) is 0 Å². The first-order valence-corrected chi connectivity index (χ1v) is 6.72. The maximum Gasteiger partial charge on any atom is -0.0195 e. The zero-order valence-electron chi connectivity index (χ0n) is 12.3. The van der Waals surface area contributed by atoms with Gasteiger partial charge in [-0.1, -0.05) is 40.7 Å². The third-order valence-corrected chi connectivity index (χ3v) is 2.98. The molecule has 0 aromatic rings. The lowest BCUT2D eigenvalue weighted by atomic mass is 9.67. The summed E-state index contributed by atoms with van der Waals surface area (Å²) in [7, 11) is 1.50. The molecule has 0 aromatic carbocycles. The number of nitrogens with two attached hydrogens (primary N) is 1. The van der Waals surface area contributed by atoms with Gasteiger partial charge in [0, 0.05) is 0 Å². The van der Waals surface area contributed by atoms with Crippen LogP contribution in [0.4, 0.5) is 0 Å². The average molecular weight is 227 g/mol. The molecule has 0 heterocycles. The predicted octanol–water partition coefficient (Wildman–Crippen LogP) is 4.63. The molecule has 1 rings (SSSR count). The Kier molecular flexibility index (Phi) is 11.2. The van der Waals surface area contributed by atoms with Crippen LogP contribution in [0.15, 0.2) is 12.7 Å².